The van der Waals surface area contributed by atoms with Crippen molar-refractivity contribution in [2.45, 2.75) is 37.5 Å². The van der Waals surface area contributed by atoms with E-state index >= 15 is 0 Å². The number of piperidine rings is 2. The van der Waals surface area contributed by atoms with Crippen LogP contribution < -0.4 is 10.2 Å². The summed E-state index contributed by atoms with van der Waals surface area (Å²) < 4.78 is 27.4. The number of nitrogens with zero attached hydrogens (tertiary/aromatic N) is 2. The van der Waals surface area contributed by atoms with Crippen LogP contribution in [-0.2, 0) is 14.8 Å². The van der Waals surface area contributed by atoms with Gasteiger partial charge in [0.15, 0.2) is 0 Å². The zero-order valence-corrected chi connectivity index (χ0v) is 18.9. The number of anilines is 2. The third kappa shape index (κ3) is 5.10. The largest absolute Gasteiger partial charge is 0.371 e. The van der Waals surface area contributed by atoms with E-state index < -0.39 is 10.0 Å². The fraction of sp³-hybridized carbons (Fsp3) is 0.458. The van der Waals surface area contributed by atoms with Crippen molar-refractivity contribution in [1.82, 2.24) is 4.31 Å². The van der Waals surface area contributed by atoms with Crippen molar-refractivity contribution in [2.75, 3.05) is 36.4 Å². The molecule has 2 aromatic rings. The standard InChI is InChI=1S/C24H31N3O3S/c1-19-6-5-15-27(18-19)31(29,30)23-11-9-21(10-12-23)25-24(28)20-13-16-26(17-14-20)22-7-3-2-4-8-22/h2-4,7-12,19-20H,5-6,13-18H2,1H3,(H,25,28). The van der Waals surface area contributed by atoms with Gasteiger partial charge in [-0.05, 0) is 68.0 Å². The number of nitrogens with one attached hydrogen (secondary N) is 1. The molecule has 1 unspecified atom stereocenters. The average molecular weight is 442 g/mol. The van der Waals surface area contributed by atoms with Crippen molar-refractivity contribution in [3.8, 4) is 0 Å². The molecule has 166 valence electrons. The maximum atomic E-state index is 12.9. The number of para-hydroxylation sites is 1. The molecule has 2 saturated heterocycles. The molecule has 0 spiro atoms. The maximum absolute atomic E-state index is 12.9. The number of benzene rings is 2. The number of carbonyl (C=O) groups excluding carboxylic acids is 1. The van der Waals surface area contributed by atoms with Gasteiger partial charge in [-0.15, -0.1) is 0 Å². The van der Waals surface area contributed by atoms with Crippen LogP contribution >= 0.6 is 0 Å². The molecule has 6 nitrogen and oxygen atoms in total. The molecule has 1 amide bonds. The molecule has 2 heterocycles. The zero-order valence-electron chi connectivity index (χ0n) is 18.0. The minimum Gasteiger partial charge on any atom is -0.371 e. The molecule has 0 bridgehead atoms. The van der Waals surface area contributed by atoms with Gasteiger partial charge in [0.05, 0.1) is 4.90 Å². The smallest absolute Gasteiger partial charge is 0.243 e. The van der Waals surface area contributed by atoms with Gasteiger partial charge in [-0.25, -0.2) is 8.42 Å². The Morgan fingerprint density at radius 2 is 1.61 bits per heavy atom. The highest BCUT2D eigenvalue weighted by Gasteiger charge is 2.29. The Morgan fingerprint density at radius 3 is 2.26 bits per heavy atom. The fourth-order valence-electron chi connectivity index (χ4n) is 4.51. The van der Waals surface area contributed by atoms with E-state index in [1.165, 1.54) is 5.69 Å². The SMILES string of the molecule is CC1CCCN(S(=O)(=O)c2ccc(NC(=O)C3CCN(c4ccccc4)CC3)cc2)C1. The molecular weight excluding hydrogens is 410 g/mol. The van der Waals surface area contributed by atoms with Crippen molar-refractivity contribution in [3.63, 3.8) is 0 Å². The van der Waals surface area contributed by atoms with E-state index in [0.29, 0.717) is 24.7 Å². The van der Waals surface area contributed by atoms with Gasteiger partial charge >= 0.3 is 0 Å². The second kappa shape index (κ2) is 9.40. The van der Waals surface area contributed by atoms with Crippen LogP contribution in [0.2, 0.25) is 0 Å². The molecule has 4 rings (SSSR count). The number of carbonyl (C=O) groups is 1. The quantitative estimate of drug-likeness (QED) is 0.762. The van der Waals surface area contributed by atoms with Crippen molar-refractivity contribution in [1.29, 1.82) is 0 Å². The summed E-state index contributed by atoms with van der Waals surface area (Å²) >= 11 is 0. The summed E-state index contributed by atoms with van der Waals surface area (Å²) in [5.74, 6) is 0.363. The molecule has 0 radical (unpaired) electrons. The van der Waals surface area contributed by atoms with Crippen LogP contribution in [0.5, 0.6) is 0 Å². The minimum atomic E-state index is -3.48. The summed E-state index contributed by atoms with van der Waals surface area (Å²) in [6.07, 6.45) is 3.58. The molecule has 1 N–H and O–H groups in total. The predicted octanol–water partition coefficient (Wildman–Crippen LogP) is 3.96. The van der Waals surface area contributed by atoms with Gasteiger partial charge in [0, 0.05) is 43.5 Å². The lowest BCUT2D eigenvalue weighted by Crippen LogP contribution is -2.39. The summed E-state index contributed by atoms with van der Waals surface area (Å²) in [4.78, 5) is 15.3. The number of rotatable bonds is 5. The summed E-state index contributed by atoms with van der Waals surface area (Å²) in [6, 6.07) is 16.8. The van der Waals surface area contributed by atoms with Crippen LogP contribution in [-0.4, -0.2) is 44.8 Å². The van der Waals surface area contributed by atoms with Crippen LogP contribution in [0.4, 0.5) is 11.4 Å². The van der Waals surface area contributed by atoms with E-state index in [4.69, 9.17) is 0 Å². The number of sulfonamides is 1. The lowest BCUT2D eigenvalue weighted by Gasteiger charge is -2.33. The number of amides is 1. The molecular formula is C24H31N3O3S. The molecule has 2 fully saturated rings. The van der Waals surface area contributed by atoms with E-state index in [2.05, 4.69) is 29.3 Å². The van der Waals surface area contributed by atoms with E-state index in [1.807, 2.05) is 18.2 Å². The Morgan fingerprint density at radius 1 is 0.935 bits per heavy atom. The molecule has 31 heavy (non-hydrogen) atoms. The highest BCUT2D eigenvalue weighted by atomic mass is 32.2. The van der Waals surface area contributed by atoms with Crippen LogP contribution in [0, 0.1) is 11.8 Å². The van der Waals surface area contributed by atoms with Gasteiger partial charge in [0.2, 0.25) is 15.9 Å². The van der Waals surface area contributed by atoms with E-state index in [-0.39, 0.29) is 16.7 Å². The summed E-state index contributed by atoms with van der Waals surface area (Å²) in [5, 5.41) is 2.97. The summed E-state index contributed by atoms with van der Waals surface area (Å²) in [7, 11) is -3.48. The van der Waals surface area contributed by atoms with Crippen molar-refractivity contribution in [2.24, 2.45) is 11.8 Å². The molecule has 0 aromatic heterocycles. The molecule has 2 aliphatic rings. The maximum Gasteiger partial charge on any atom is 0.243 e. The Bertz CT molecular complexity index is 984. The van der Waals surface area contributed by atoms with E-state index in [1.54, 1.807) is 28.6 Å². The monoisotopic (exact) mass is 441 g/mol. The van der Waals surface area contributed by atoms with E-state index in [0.717, 1.165) is 38.8 Å². The molecule has 0 saturated carbocycles. The van der Waals surface area contributed by atoms with Gasteiger partial charge in [-0.1, -0.05) is 25.1 Å². The Labute approximate surface area is 185 Å². The summed E-state index contributed by atoms with van der Waals surface area (Å²) in [5.41, 5.74) is 1.84. The highest BCUT2D eigenvalue weighted by molar-refractivity contribution is 7.89. The Kier molecular flexibility index (Phi) is 6.62. The molecule has 1 atom stereocenters. The Hall–Kier alpha value is -2.38. The van der Waals surface area contributed by atoms with Gasteiger partial charge in [-0.2, -0.15) is 4.31 Å². The van der Waals surface area contributed by atoms with Crippen molar-refractivity contribution in [3.05, 3.63) is 54.6 Å². The number of hydrogen-bond acceptors (Lipinski definition) is 4. The van der Waals surface area contributed by atoms with Gasteiger partial charge in [0.25, 0.3) is 0 Å². The number of hydrogen-bond donors (Lipinski definition) is 1. The van der Waals surface area contributed by atoms with Crippen molar-refractivity contribution >= 4 is 27.3 Å². The second-order valence-corrected chi connectivity index (χ2v) is 10.7. The summed E-state index contributed by atoms with van der Waals surface area (Å²) in [6.45, 7) is 4.95. The fourth-order valence-corrected chi connectivity index (χ4v) is 6.11. The molecule has 7 heteroatoms. The van der Waals surface area contributed by atoms with Gasteiger partial charge < -0.3 is 10.2 Å². The lowest BCUT2D eigenvalue weighted by molar-refractivity contribution is -0.120. The lowest BCUT2D eigenvalue weighted by atomic mass is 9.95. The third-order valence-corrected chi connectivity index (χ3v) is 8.25. The molecule has 0 aliphatic carbocycles. The molecule has 2 aromatic carbocycles. The molecule has 2 aliphatic heterocycles. The van der Waals surface area contributed by atoms with Crippen LogP contribution in [0.1, 0.15) is 32.6 Å². The normalized spacial score (nSPS) is 21.1. The average Bonchev–Trinajstić information content (AvgIpc) is 2.80. The first-order valence-corrected chi connectivity index (χ1v) is 12.6. The van der Waals surface area contributed by atoms with Gasteiger partial charge in [-0.3, -0.25) is 4.79 Å². The predicted molar refractivity (Wildman–Crippen MR) is 124 cm³/mol. The third-order valence-electron chi connectivity index (χ3n) is 6.37. The first kappa shape index (κ1) is 21.8. The van der Waals surface area contributed by atoms with Crippen LogP contribution in [0.3, 0.4) is 0 Å². The zero-order chi connectivity index (χ0) is 21.8. The highest BCUT2D eigenvalue weighted by Crippen LogP contribution is 2.26. The van der Waals surface area contributed by atoms with Gasteiger partial charge in [0.1, 0.15) is 0 Å². The topological polar surface area (TPSA) is 69.7 Å². The first-order chi connectivity index (χ1) is 14.9. The van der Waals surface area contributed by atoms with E-state index in [9.17, 15) is 13.2 Å². The second-order valence-electron chi connectivity index (χ2n) is 8.72. The Balaban J connectivity index is 1.33. The van der Waals surface area contributed by atoms with Crippen LogP contribution in [0.25, 0.3) is 0 Å². The van der Waals surface area contributed by atoms with Crippen molar-refractivity contribution < 1.29 is 13.2 Å². The van der Waals surface area contributed by atoms with Crippen LogP contribution in [0.15, 0.2) is 59.5 Å². The first-order valence-electron chi connectivity index (χ1n) is 11.1. The minimum absolute atomic E-state index is 0.00757.